The number of methoxy groups -OCH3 is 3. The van der Waals surface area contributed by atoms with Gasteiger partial charge in [0.05, 0.1) is 39.5 Å². The predicted octanol–water partition coefficient (Wildman–Crippen LogP) is 5.74. The number of ether oxygens (including phenoxy) is 4. The summed E-state index contributed by atoms with van der Waals surface area (Å²) in [4.78, 5) is 20.7. The second-order valence-corrected chi connectivity index (χ2v) is 10.1. The van der Waals surface area contributed by atoms with Gasteiger partial charge in [-0.2, -0.15) is 11.3 Å². The van der Waals surface area contributed by atoms with Crippen LogP contribution in [0.5, 0.6) is 17.2 Å². The Labute approximate surface area is 226 Å². The molecule has 1 atom stereocenters. The summed E-state index contributed by atoms with van der Waals surface area (Å²) in [5, 5.41) is 4.85. The SMILES string of the molecule is COc1ccccc1-c1nc2c(OC)ccc(OC)c2cc1CN(C[C@H]1CCCO1)C(=O)Cc1ccsc1. The van der Waals surface area contributed by atoms with Crippen molar-refractivity contribution in [3.63, 3.8) is 0 Å². The van der Waals surface area contributed by atoms with E-state index in [0.29, 0.717) is 42.3 Å². The standard InChI is InChI=1S/C30H32N2O5S/c1-34-25-9-5-4-8-23(25)29-21(16-24-26(35-2)10-11-27(36-3)30(24)31-29)17-32(18-22-7-6-13-37-22)28(33)15-20-12-14-38-19-20/h4-5,8-12,14,16,19,22H,6-7,13,15,17-18H2,1-3H3/t22-/m1/s1. The van der Waals surface area contributed by atoms with Crippen molar-refractivity contribution < 1.29 is 23.7 Å². The minimum absolute atomic E-state index is 0.0270. The predicted molar refractivity (Wildman–Crippen MR) is 149 cm³/mol. The highest BCUT2D eigenvalue weighted by Crippen LogP contribution is 2.38. The van der Waals surface area contributed by atoms with E-state index >= 15 is 0 Å². The van der Waals surface area contributed by atoms with Crippen LogP contribution < -0.4 is 14.2 Å². The Kier molecular flexibility index (Phi) is 8.10. The van der Waals surface area contributed by atoms with Crippen molar-refractivity contribution in [1.29, 1.82) is 0 Å². The molecule has 8 heteroatoms. The van der Waals surface area contributed by atoms with Crippen molar-refractivity contribution in [2.75, 3.05) is 34.5 Å². The zero-order chi connectivity index (χ0) is 26.5. The molecule has 1 fully saturated rings. The van der Waals surface area contributed by atoms with Gasteiger partial charge in [0.1, 0.15) is 22.8 Å². The number of rotatable bonds is 10. The molecule has 1 saturated heterocycles. The van der Waals surface area contributed by atoms with E-state index in [2.05, 4.69) is 6.07 Å². The van der Waals surface area contributed by atoms with E-state index in [4.69, 9.17) is 23.9 Å². The first-order valence-corrected chi connectivity index (χ1v) is 13.6. The highest BCUT2D eigenvalue weighted by atomic mass is 32.1. The summed E-state index contributed by atoms with van der Waals surface area (Å²) in [5.74, 6) is 2.10. The molecule has 1 aliphatic heterocycles. The molecule has 5 rings (SSSR count). The van der Waals surface area contributed by atoms with Crippen LogP contribution >= 0.6 is 11.3 Å². The second-order valence-electron chi connectivity index (χ2n) is 9.28. The highest BCUT2D eigenvalue weighted by Gasteiger charge is 2.26. The molecular weight excluding hydrogens is 500 g/mol. The zero-order valence-electron chi connectivity index (χ0n) is 21.9. The lowest BCUT2D eigenvalue weighted by atomic mass is 10.0. The van der Waals surface area contributed by atoms with Gasteiger partial charge < -0.3 is 23.8 Å². The summed E-state index contributed by atoms with van der Waals surface area (Å²) in [7, 11) is 4.92. The van der Waals surface area contributed by atoms with Crippen LogP contribution in [0.25, 0.3) is 22.2 Å². The molecule has 0 N–H and O–H groups in total. The van der Waals surface area contributed by atoms with Gasteiger partial charge in [0.15, 0.2) is 0 Å². The van der Waals surface area contributed by atoms with E-state index in [0.717, 1.165) is 47.2 Å². The summed E-state index contributed by atoms with van der Waals surface area (Å²) in [5.41, 5.74) is 4.18. The van der Waals surface area contributed by atoms with Gasteiger partial charge in [-0.25, -0.2) is 4.98 Å². The van der Waals surface area contributed by atoms with Crippen molar-refractivity contribution in [3.05, 3.63) is 70.4 Å². The number of aromatic nitrogens is 1. The minimum Gasteiger partial charge on any atom is -0.496 e. The van der Waals surface area contributed by atoms with Crippen molar-refractivity contribution >= 4 is 28.1 Å². The normalized spacial score (nSPS) is 15.0. The number of para-hydroxylation sites is 1. The van der Waals surface area contributed by atoms with Crippen LogP contribution in [0, 0.1) is 0 Å². The third-order valence-electron chi connectivity index (χ3n) is 6.89. The number of hydrogen-bond donors (Lipinski definition) is 0. The number of carbonyl (C=O) groups excluding carboxylic acids is 1. The molecule has 3 heterocycles. The number of pyridine rings is 1. The molecule has 0 saturated carbocycles. The molecule has 4 aromatic rings. The van der Waals surface area contributed by atoms with E-state index in [1.54, 1.807) is 32.7 Å². The molecule has 198 valence electrons. The Morgan fingerprint density at radius 2 is 1.84 bits per heavy atom. The Morgan fingerprint density at radius 1 is 1.05 bits per heavy atom. The Balaban J connectivity index is 1.63. The van der Waals surface area contributed by atoms with E-state index < -0.39 is 0 Å². The summed E-state index contributed by atoms with van der Waals surface area (Å²) < 4.78 is 23.0. The lowest BCUT2D eigenvalue weighted by Crippen LogP contribution is -2.38. The van der Waals surface area contributed by atoms with Crippen LogP contribution in [0.4, 0.5) is 0 Å². The number of hydrogen-bond acceptors (Lipinski definition) is 7. The maximum atomic E-state index is 13.6. The van der Waals surface area contributed by atoms with Crippen molar-refractivity contribution in [2.45, 2.75) is 31.9 Å². The summed E-state index contributed by atoms with van der Waals surface area (Å²) in [6.45, 7) is 1.64. The van der Waals surface area contributed by atoms with Gasteiger partial charge in [0, 0.05) is 30.6 Å². The molecule has 0 radical (unpaired) electrons. The van der Waals surface area contributed by atoms with Crippen LogP contribution in [0.15, 0.2) is 59.3 Å². The molecule has 38 heavy (non-hydrogen) atoms. The topological polar surface area (TPSA) is 70.1 Å². The van der Waals surface area contributed by atoms with Crippen LogP contribution in [-0.2, 0) is 22.5 Å². The summed E-state index contributed by atoms with van der Waals surface area (Å²) in [6, 6.07) is 15.6. The molecule has 0 unspecified atom stereocenters. The monoisotopic (exact) mass is 532 g/mol. The van der Waals surface area contributed by atoms with Crippen LogP contribution in [0.2, 0.25) is 0 Å². The lowest BCUT2D eigenvalue weighted by molar-refractivity contribution is -0.132. The van der Waals surface area contributed by atoms with E-state index in [1.165, 1.54) is 0 Å². The fourth-order valence-corrected chi connectivity index (χ4v) is 5.63. The molecular formula is C30H32N2O5S. The lowest BCUT2D eigenvalue weighted by Gasteiger charge is -2.27. The van der Waals surface area contributed by atoms with E-state index in [1.807, 2.05) is 58.1 Å². The van der Waals surface area contributed by atoms with Crippen molar-refractivity contribution in [3.8, 4) is 28.5 Å². The minimum atomic E-state index is 0.0270. The van der Waals surface area contributed by atoms with Gasteiger partial charge in [-0.05, 0) is 71.1 Å². The Bertz CT molecular complexity index is 1400. The molecule has 0 aliphatic carbocycles. The number of thiophene rings is 1. The van der Waals surface area contributed by atoms with Gasteiger partial charge in [0.25, 0.3) is 0 Å². The maximum Gasteiger partial charge on any atom is 0.227 e. The van der Waals surface area contributed by atoms with Crippen molar-refractivity contribution in [1.82, 2.24) is 9.88 Å². The Hall–Kier alpha value is -3.62. The average Bonchev–Trinajstić information content (AvgIpc) is 3.66. The average molecular weight is 533 g/mol. The third-order valence-corrected chi connectivity index (χ3v) is 7.62. The summed E-state index contributed by atoms with van der Waals surface area (Å²) in [6.07, 6.45) is 2.33. The first-order valence-electron chi connectivity index (χ1n) is 12.7. The highest BCUT2D eigenvalue weighted by molar-refractivity contribution is 7.08. The van der Waals surface area contributed by atoms with Crippen LogP contribution in [-0.4, -0.2) is 56.4 Å². The van der Waals surface area contributed by atoms with E-state index in [9.17, 15) is 4.79 Å². The number of nitrogens with zero attached hydrogens (tertiary/aromatic N) is 2. The van der Waals surface area contributed by atoms with Crippen LogP contribution in [0.3, 0.4) is 0 Å². The van der Waals surface area contributed by atoms with Gasteiger partial charge in [0.2, 0.25) is 5.91 Å². The molecule has 2 aromatic heterocycles. The molecule has 0 bridgehead atoms. The third kappa shape index (κ3) is 5.47. The molecule has 1 aliphatic rings. The maximum absolute atomic E-state index is 13.6. The summed E-state index contributed by atoms with van der Waals surface area (Å²) >= 11 is 1.60. The van der Waals surface area contributed by atoms with Crippen LogP contribution in [0.1, 0.15) is 24.0 Å². The largest absolute Gasteiger partial charge is 0.496 e. The number of amides is 1. The molecule has 1 amide bonds. The molecule has 0 spiro atoms. The Morgan fingerprint density at radius 3 is 2.55 bits per heavy atom. The van der Waals surface area contributed by atoms with Gasteiger partial charge in [-0.3, -0.25) is 4.79 Å². The quantitative estimate of drug-likeness (QED) is 0.259. The zero-order valence-corrected chi connectivity index (χ0v) is 22.8. The number of fused-ring (bicyclic) bond motifs is 1. The van der Waals surface area contributed by atoms with Gasteiger partial charge in [-0.15, -0.1) is 0 Å². The first kappa shape index (κ1) is 26.0. The van der Waals surface area contributed by atoms with Crippen molar-refractivity contribution in [2.24, 2.45) is 0 Å². The first-order chi connectivity index (χ1) is 18.6. The smallest absolute Gasteiger partial charge is 0.227 e. The second kappa shape index (κ2) is 11.8. The van der Waals surface area contributed by atoms with Gasteiger partial charge in [-0.1, -0.05) is 12.1 Å². The van der Waals surface area contributed by atoms with E-state index in [-0.39, 0.29) is 12.0 Å². The molecule has 7 nitrogen and oxygen atoms in total. The number of benzene rings is 2. The number of carbonyl (C=O) groups is 1. The van der Waals surface area contributed by atoms with Gasteiger partial charge >= 0.3 is 0 Å². The molecule has 2 aromatic carbocycles. The fraction of sp³-hybridized carbons (Fsp3) is 0.333. The fourth-order valence-electron chi connectivity index (χ4n) is 4.96.